The minimum absolute atomic E-state index is 0.198. The van der Waals surface area contributed by atoms with E-state index in [2.05, 4.69) is 4.98 Å². The highest BCUT2D eigenvalue weighted by molar-refractivity contribution is 5.96. The summed E-state index contributed by atoms with van der Waals surface area (Å²) in [5, 5.41) is 8.71. The summed E-state index contributed by atoms with van der Waals surface area (Å²) < 4.78 is 5.11. The minimum Gasteiger partial charge on any atom is -0.477 e. The van der Waals surface area contributed by atoms with Crippen LogP contribution < -0.4 is 0 Å². The molecular weight excluding hydrogens is 176 g/mol. The molecule has 14 heavy (non-hydrogen) atoms. The third kappa shape index (κ3) is 1.48. The highest BCUT2D eigenvalue weighted by Crippen LogP contribution is 2.14. The van der Waals surface area contributed by atoms with Crippen molar-refractivity contribution in [2.75, 3.05) is 6.61 Å². The average molecular weight is 188 g/mol. The molecule has 1 aromatic carbocycles. The second kappa shape index (κ2) is 3.54. The van der Waals surface area contributed by atoms with Crippen LogP contribution in [0, 0.1) is 5.41 Å². The number of H-pyrrole nitrogens is 1. The number of nitrogens with one attached hydrogen (secondary N) is 2. The highest BCUT2D eigenvalue weighted by atomic mass is 16.5. The van der Waals surface area contributed by atoms with E-state index in [9.17, 15) is 0 Å². The second-order valence-electron chi connectivity index (χ2n) is 3.03. The average Bonchev–Trinajstić information content (AvgIpc) is 2.61. The molecule has 72 valence electrons. The largest absolute Gasteiger partial charge is 0.477 e. The first kappa shape index (κ1) is 8.81. The van der Waals surface area contributed by atoms with Crippen LogP contribution >= 0.6 is 0 Å². The zero-order valence-electron chi connectivity index (χ0n) is 8.00. The number of hydrogen-bond acceptors (Lipinski definition) is 2. The third-order valence-electron chi connectivity index (χ3n) is 2.06. The van der Waals surface area contributed by atoms with Crippen molar-refractivity contribution in [3.05, 3.63) is 36.0 Å². The lowest BCUT2D eigenvalue weighted by molar-refractivity contribution is 0.325. The van der Waals surface area contributed by atoms with Crippen molar-refractivity contribution in [1.29, 1.82) is 5.41 Å². The van der Waals surface area contributed by atoms with Gasteiger partial charge in [0.05, 0.1) is 6.61 Å². The molecule has 0 spiro atoms. The SMILES string of the molecule is CCOC(=N)c1cc2ccccc2[nH]1. The molecule has 0 amide bonds. The number of rotatable bonds is 2. The summed E-state index contributed by atoms with van der Waals surface area (Å²) in [7, 11) is 0. The van der Waals surface area contributed by atoms with Gasteiger partial charge in [-0.1, -0.05) is 18.2 Å². The van der Waals surface area contributed by atoms with Gasteiger partial charge in [0.15, 0.2) is 0 Å². The normalized spacial score (nSPS) is 10.4. The Hall–Kier alpha value is -1.77. The molecule has 0 fully saturated rings. The first-order valence-corrected chi connectivity index (χ1v) is 4.60. The van der Waals surface area contributed by atoms with Gasteiger partial charge < -0.3 is 9.72 Å². The fourth-order valence-electron chi connectivity index (χ4n) is 1.42. The van der Waals surface area contributed by atoms with E-state index in [1.165, 1.54) is 0 Å². The molecule has 0 unspecified atom stereocenters. The molecule has 3 nitrogen and oxygen atoms in total. The van der Waals surface area contributed by atoms with Crippen molar-refractivity contribution >= 4 is 16.8 Å². The topological polar surface area (TPSA) is 48.9 Å². The summed E-state index contributed by atoms with van der Waals surface area (Å²) in [5.41, 5.74) is 1.76. The number of aromatic nitrogens is 1. The first-order chi connectivity index (χ1) is 6.81. The van der Waals surface area contributed by atoms with Crippen LogP contribution in [0.15, 0.2) is 30.3 Å². The molecule has 0 saturated carbocycles. The van der Waals surface area contributed by atoms with Crippen LogP contribution in [0.1, 0.15) is 12.6 Å². The van der Waals surface area contributed by atoms with Gasteiger partial charge in [0.1, 0.15) is 5.69 Å². The van der Waals surface area contributed by atoms with Crippen LogP contribution in [0.4, 0.5) is 0 Å². The fraction of sp³-hybridized carbons (Fsp3) is 0.182. The smallest absolute Gasteiger partial charge is 0.230 e. The third-order valence-corrected chi connectivity index (χ3v) is 2.06. The van der Waals surface area contributed by atoms with Gasteiger partial charge in [-0.25, -0.2) is 0 Å². The van der Waals surface area contributed by atoms with E-state index in [0.717, 1.165) is 16.6 Å². The maximum atomic E-state index is 7.61. The number of para-hydroxylation sites is 1. The van der Waals surface area contributed by atoms with Crippen LogP contribution in [0.25, 0.3) is 10.9 Å². The summed E-state index contributed by atoms with van der Waals surface area (Å²) >= 11 is 0. The van der Waals surface area contributed by atoms with E-state index >= 15 is 0 Å². The van der Waals surface area contributed by atoms with Gasteiger partial charge in [-0.05, 0) is 19.1 Å². The Balaban J connectivity index is 2.40. The summed E-state index contributed by atoms with van der Waals surface area (Å²) in [4.78, 5) is 3.13. The lowest BCUT2D eigenvalue weighted by Gasteiger charge is -2.00. The Kier molecular flexibility index (Phi) is 2.23. The lowest BCUT2D eigenvalue weighted by atomic mass is 10.2. The monoisotopic (exact) mass is 188 g/mol. The van der Waals surface area contributed by atoms with Crippen molar-refractivity contribution in [2.45, 2.75) is 6.92 Å². The Labute approximate surface area is 82.2 Å². The Bertz CT molecular complexity index is 426. The van der Waals surface area contributed by atoms with Crippen molar-refractivity contribution in [2.24, 2.45) is 0 Å². The van der Waals surface area contributed by atoms with E-state index in [0.29, 0.717) is 6.61 Å². The zero-order valence-corrected chi connectivity index (χ0v) is 8.00. The Morgan fingerprint density at radius 3 is 2.93 bits per heavy atom. The quantitative estimate of drug-likeness (QED) is 0.552. The molecule has 0 atom stereocenters. The Morgan fingerprint density at radius 2 is 2.21 bits per heavy atom. The van der Waals surface area contributed by atoms with E-state index in [4.69, 9.17) is 10.1 Å². The maximum absolute atomic E-state index is 7.61. The second-order valence-corrected chi connectivity index (χ2v) is 3.03. The van der Waals surface area contributed by atoms with Gasteiger partial charge in [-0.3, -0.25) is 5.41 Å². The molecule has 2 rings (SSSR count). The van der Waals surface area contributed by atoms with E-state index < -0.39 is 0 Å². The van der Waals surface area contributed by atoms with Crippen molar-refractivity contribution < 1.29 is 4.74 Å². The molecule has 0 bridgehead atoms. The highest BCUT2D eigenvalue weighted by Gasteiger charge is 2.05. The van der Waals surface area contributed by atoms with E-state index in [1.54, 1.807) is 0 Å². The molecule has 1 aromatic heterocycles. The molecule has 2 aromatic rings. The maximum Gasteiger partial charge on any atom is 0.230 e. The van der Waals surface area contributed by atoms with E-state index in [-0.39, 0.29) is 5.90 Å². The van der Waals surface area contributed by atoms with Gasteiger partial charge in [0, 0.05) is 10.9 Å². The van der Waals surface area contributed by atoms with Crippen molar-refractivity contribution in [1.82, 2.24) is 4.98 Å². The molecule has 1 heterocycles. The predicted octanol–water partition coefficient (Wildman–Crippen LogP) is 2.53. The molecule has 0 aliphatic heterocycles. The standard InChI is InChI=1S/C11H12N2O/c1-2-14-11(12)10-7-8-5-3-4-6-9(8)13-10/h3-7,12-13H,2H2,1H3. The molecule has 0 aliphatic rings. The van der Waals surface area contributed by atoms with Crippen LogP contribution in [0.3, 0.4) is 0 Å². The summed E-state index contributed by atoms with van der Waals surface area (Å²) in [5.74, 6) is 0.198. The molecule has 3 heteroatoms. The van der Waals surface area contributed by atoms with Crippen LogP contribution in [-0.2, 0) is 4.74 Å². The molecule has 0 radical (unpaired) electrons. The number of ether oxygens (including phenoxy) is 1. The lowest BCUT2D eigenvalue weighted by Crippen LogP contribution is -2.04. The summed E-state index contributed by atoms with van der Waals surface area (Å²) in [6.07, 6.45) is 0. The fourth-order valence-corrected chi connectivity index (χ4v) is 1.42. The van der Waals surface area contributed by atoms with E-state index in [1.807, 2.05) is 37.3 Å². The van der Waals surface area contributed by atoms with Crippen LogP contribution in [0.2, 0.25) is 0 Å². The number of hydrogen-bond donors (Lipinski definition) is 2. The van der Waals surface area contributed by atoms with Crippen LogP contribution in [0.5, 0.6) is 0 Å². The van der Waals surface area contributed by atoms with Gasteiger partial charge in [0.2, 0.25) is 5.90 Å². The van der Waals surface area contributed by atoms with Gasteiger partial charge in [-0.15, -0.1) is 0 Å². The van der Waals surface area contributed by atoms with Gasteiger partial charge in [-0.2, -0.15) is 0 Å². The molecule has 0 aliphatic carbocycles. The number of aromatic amines is 1. The van der Waals surface area contributed by atoms with Crippen molar-refractivity contribution in [3.63, 3.8) is 0 Å². The number of benzene rings is 1. The van der Waals surface area contributed by atoms with Gasteiger partial charge in [0.25, 0.3) is 0 Å². The van der Waals surface area contributed by atoms with Crippen LogP contribution in [-0.4, -0.2) is 17.5 Å². The molecule has 0 saturated heterocycles. The zero-order chi connectivity index (χ0) is 9.97. The summed E-state index contributed by atoms with van der Waals surface area (Å²) in [6.45, 7) is 2.39. The Morgan fingerprint density at radius 1 is 1.43 bits per heavy atom. The summed E-state index contributed by atoms with van der Waals surface area (Å²) in [6, 6.07) is 9.86. The van der Waals surface area contributed by atoms with Gasteiger partial charge >= 0.3 is 0 Å². The molecule has 2 N–H and O–H groups in total. The number of fused-ring (bicyclic) bond motifs is 1. The predicted molar refractivity (Wildman–Crippen MR) is 56.8 cm³/mol. The minimum atomic E-state index is 0.198. The van der Waals surface area contributed by atoms with Crippen molar-refractivity contribution in [3.8, 4) is 0 Å². The first-order valence-electron chi connectivity index (χ1n) is 4.60. The molecular formula is C11H12N2O.